The van der Waals surface area contributed by atoms with Gasteiger partial charge in [0.15, 0.2) is 0 Å². The van der Waals surface area contributed by atoms with Gasteiger partial charge in [-0.2, -0.15) is 26.3 Å². The first-order chi connectivity index (χ1) is 16.4. The monoisotopic (exact) mass is 519 g/mol. The number of hydrogen-bond donors (Lipinski definition) is 3. The number of urea groups is 1. The molecule has 1 aromatic carbocycles. The average Bonchev–Trinajstić information content (AvgIpc) is 2.68. The van der Waals surface area contributed by atoms with E-state index in [0.717, 1.165) is 19.3 Å². The average molecular weight is 520 g/mol. The van der Waals surface area contributed by atoms with Crippen LogP contribution in [0.15, 0.2) is 18.2 Å². The van der Waals surface area contributed by atoms with E-state index in [-0.39, 0.29) is 11.6 Å². The van der Waals surface area contributed by atoms with E-state index in [0.29, 0.717) is 29.9 Å². The van der Waals surface area contributed by atoms with Gasteiger partial charge < -0.3 is 16.0 Å². The number of benzene rings is 1. The minimum atomic E-state index is -5.04. The molecule has 4 saturated carbocycles. The van der Waals surface area contributed by atoms with Gasteiger partial charge in [0.2, 0.25) is 5.91 Å². The van der Waals surface area contributed by atoms with Gasteiger partial charge in [0.05, 0.1) is 11.1 Å². The number of alkyl halides is 6. The fraction of sp³-hybridized carbons (Fsp3) is 0.680. The first-order valence-corrected chi connectivity index (χ1v) is 12.1. The van der Waals surface area contributed by atoms with Crippen LogP contribution in [0.4, 0.5) is 36.8 Å². The Bertz CT molecular complexity index is 961. The normalized spacial score (nSPS) is 28.5. The van der Waals surface area contributed by atoms with E-state index in [9.17, 15) is 35.9 Å². The molecule has 4 bridgehead atoms. The Morgan fingerprint density at radius 2 is 1.28 bits per heavy atom. The highest BCUT2D eigenvalue weighted by atomic mass is 19.4. The number of carbonyl (C=O) groups excluding carboxylic acids is 2. The second-order valence-corrected chi connectivity index (χ2v) is 11.9. The lowest BCUT2D eigenvalue weighted by molar-refractivity contribution is -0.143. The van der Waals surface area contributed by atoms with E-state index < -0.39 is 52.6 Å². The zero-order valence-electron chi connectivity index (χ0n) is 20.4. The largest absolute Gasteiger partial charge is 0.416 e. The molecule has 0 heterocycles. The molecule has 0 spiro atoms. The van der Waals surface area contributed by atoms with Crippen molar-refractivity contribution in [2.24, 2.45) is 23.2 Å². The molecule has 200 valence electrons. The highest BCUT2D eigenvalue weighted by Gasteiger charge is 2.52. The molecular weight excluding hydrogens is 488 g/mol. The number of rotatable bonds is 4. The third kappa shape index (κ3) is 5.75. The summed E-state index contributed by atoms with van der Waals surface area (Å²) < 4.78 is 78.9. The molecule has 0 radical (unpaired) electrons. The molecule has 4 aliphatic rings. The van der Waals surface area contributed by atoms with E-state index in [1.165, 1.54) is 19.3 Å². The molecule has 3 amide bonds. The van der Waals surface area contributed by atoms with Crippen molar-refractivity contribution in [1.82, 2.24) is 10.6 Å². The molecule has 0 aromatic heterocycles. The maximum absolute atomic E-state index is 13.4. The Labute approximate surface area is 205 Å². The molecule has 36 heavy (non-hydrogen) atoms. The predicted octanol–water partition coefficient (Wildman–Crippen LogP) is 6.35. The fourth-order valence-corrected chi connectivity index (χ4v) is 6.60. The minimum absolute atomic E-state index is 0.0139. The summed E-state index contributed by atoms with van der Waals surface area (Å²) in [4.78, 5) is 26.1. The summed E-state index contributed by atoms with van der Waals surface area (Å²) in [6.45, 7) is 5.18. The first kappa shape index (κ1) is 26.6. The molecule has 0 unspecified atom stereocenters. The van der Waals surface area contributed by atoms with Crippen molar-refractivity contribution in [2.45, 2.75) is 83.2 Å². The maximum atomic E-state index is 13.4. The van der Waals surface area contributed by atoms with Gasteiger partial charge in [-0.1, -0.05) is 20.8 Å². The minimum Gasteiger partial charge on any atom is -0.349 e. The molecule has 5 rings (SSSR count). The summed E-state index contributed by atoms with van der Waals surface area (Å²) in [6, 6.07) is -1.28. The van der Waals surface area contributed by atoms with Crippen molar-refractivity contribution in [3.63, 3.8) is 0 Å². The summed E-state index contributed by atoms with van der Waals surface area (Å²) in [6.07, 6.45) is -3.89. The van der Waals surface area contributed by atoms with Gasteiger partial charge >= 0.3 is 18.4 Å². The first-order valence-electron chi connectivity index (χ1n) is 12.1. The van der Waals surface area contributed by atoms with Gasteiger partial charge in [-0.3, -0.25) is 4.79 Å². The SMILES string of the molecule is CC(C)(C)[C@H](NC(=O)Nc1cc(C(F)(F)F)cc(C(F)(F)F)c1)C(=O)NC12CC3CC(CC(C3)C1)C2. The number of nitrogens with one attached hydrogen (secondary N) is 3. The molecule has 4 aliphatic carbocycles. The highest BCUT2D eigenvalue weighted by molar-refractivity contribution is 5.94. The Balaban J connectivity index is 1.50. The summed E-state index contributed by atoms with van der Waals surface area (Å²) >= 11 is 0. The van der Waals surface area contributed by atoms with E-state index in [2.05, 4.69) is 16.0 Å². The van der Waals surface area contributed by atoms with Crippen LogP contribution in [0.3, 0.4) is 0 Å². The van der Waals surface area contributed by atoms with Crippen LogP contribution in [-0.2, 0) is 17.1 Å². The van der Waals surface area contributed by atoms with Crippen LogP contribution in [0.1, 0.15) is 70.4 Å². The van der Waals surface area contributed by atoms with Crippen LogP contribution >= 0.6 is 0 Å². The van der Waals surface area contributed by atoms with Crippen LogP contribution in [0.2, 0.25) is 0 Å². The van der Waals surface area contributed by atoms with Gasteiger partial charge in [-0.25, -0.2) is 4.79 Å². The molecule has 5 nitrogen and oxygen atoms in total. The molecule has 11 heteroatoms. The van der Waals surface area contributed by atoms with Gasteiger partial charge in [-0.15, -0.1) is 0 Å². The van der Waals surface area contributed by atoms with Crippen molar-refractivity contribution < 1.29 is 35.9 Å². The van der Waals surface area contributed by atoms with Crippen LogP contribution in [0.25, 0.3) is 0 Å². The van der Waals surface area contributed by atoms with E-state index >= 15 is 0 Å². The standard InChI is InChI=1S/C25H31F6N3O2/c1-22(2,3)19(20(35)34-23-10-13-4-14(11-23)6-15(5-13)12-23)33-21(36)32-18-8-16(24(26,27)28)7-17(9-18)25(29,30)31/h7-9,13-15,19H,4-6,10-12H2,1-3H3,(H,34,35)(H2,32,33,36)/t13?,14?,15?,19-,23?/m1/s1. The summed E-state index contributed by atoms with van der Waals surface area (Å²) in [5.74, 6) is 1.32. The quantitative estimate of drug-likeness (QED) is 0.406. The Morgan fingerprint density at radius 3 is 1.67 bits per heavy atom. The molecule has 0 aliphatic heterocycles. The lowest BCUT2D eigenvalue weighted by Crippen LogP contribution is -2.64. The molecule has 1 aromatic rings. The zero-order chi connectivity index (χ0) is 26.7. The molecule has 0 saturated heterocycles. The molecule has 3 N–H and O–H groups in total. The van der Waals surface area contributed by atoms with E-state index in [1.54, 1.807) is 20.8 Å². The second kappa shape index (κ2) is 8.83. The number of carbonyl (C=O) groups is 2. The zero-order valence-corrected chi connectivity index (χ0v) is 20.4. The second-order valence-electron chi connectivity index (χ2n) is 11.9. The van der Waals surface area contributed by atoms with Gasteiger partial charge in [0, 0.05) is 11.2 Å². The van der Waals surface area contributed by atoms with E-state index in [1.807, 2.05) is 0 Å². The lowest BCUT2D eigenvalue weighted by atomic mass is 9.53. The maximum Gasteiger partial charge on any atom is 0.416 e. The molecular formula is C25H31F6N3O2. The van der Waals surface area contributed by atoms with Crippen LogP contribution < -0.4 is 16.0 Å². The smallest absolute Gasteiger partial charge is 0.349 e. The number of hydrogen-bond acceptors (Lipinski definition) is 2. The molecule has 1 atom stereocenters. The number of amides is 3. The van der Waals surface area contributed by atoms with Gasteiger partial charge in [0.1, 0.15) is 6.04 Å². The van der Waals surface area contributed by atoms with Gasteiger partial charge in [0.25, 0.3) is 0 Å². The van der Waals surface area contributed by atoms with Crippen LogP contribution in [0, 0.1) is 23.2 Å². The Morgan fingerprint density at radius 1 is 0.833 bits per heavy atom. The summed E-state index contributed by atoms with van der Waals surface area (Å²) in [5, 5.41) is 7.71. The fourth-order valence-electron chi connectivity index (χ4n) is 6.60. The van der Waals surface area contributed by atoms with Crippen molar-refractivity contribution in [3.8, 4) is 0 Å². The number of halogens is 6. The molecule has 4 fully saturated rings. The summed E-state index contributed by atoms with van der Waals surface area (Å²) in [7, 11) is 0. The topological polar surface area (TPSA) is 70.2 Å². The Hall–Kier alpha value is -2.46. The van der Waals surface area contributed by atoms with Crippen molar-refractivity contribution >= 4 is 17.6 Å². The van der Waals surface area contributed by atoms with Crippen LogP contribution in [-0.4, -0.2) is 23.5 Å². The Kier molecular flexibility index (Phi) is 6.53. The third-order valence-corrected chi connectivity index (χ3v) is 7.68. The predicted molar refractivity (Wildman–Crippen MR) is 121 cm³/mol. The van der Waals surface area contributed by atoms with Crippen molar-refractivity contribution in [2.75, 3.05) is 5.32 Å². The van der Waals surface area contributed by atoms with Crippen molar-refractivity contribution in [3.05, 3.63) is 29.3 Å². The number of anilines is 1. The van der Waals surface area contributed by atoms with Gasteiger partial charge in [-0.05, 0) is 79.9 Å². The lowest BCUT2D eigenvalue weighted by Gasteiger charge is -2.57. The van der Waals surface area contributed by atoms with Crippen LogP contribution in [0.5, 0.6) is 0 Å². The summed E-state index contributed by atoms with van der Waals surface area (Å²) in [5.41, 5.74) is -4.85. The third-order valence-electron chi connectivity index (χ3n) is 7.68. The highest BCUT2D eigenvalue weighted by Crippen LogP contribution is 2.55. The van der Waals surface area contributed by atoms with Crippen molar-refractivity contribution in [1.29, 1.82) is 0 Å². The van der Waals surface area contributed by atoms with E-state index in [4.69, 9.17) is 0 Å².